The van der Waals surface area contributed by atoms with Gasteiger partial charge in [-0.05, 0) is 96.5 Å². The first-order valence-corrected chi connectivity index (χ1v) is 24.7. The third kappa shape index (κ3) is 8.78. The number of benzene rings is 3. The van der Waals surface area contributed by atoms with Crippen LogP contribution in [0.2, 0.25) is 0 Å². The van der Waals surface area contributed by atoms with Crippen LogP contribution in [0.15, 0.2) is 83.9 Å². The highest BCUT2D eigenvalue weighted by Gasteiger charge is 2.49. The van der Waals surface area contributed by atoms with Crippen LogP contribution in [-0.4, -0.2) is 44.7 Å². The van der Waals surface area contributed by atoms with E-state index in [1.54, 1.807) is 66.2 Å². The number of amides is 2. The molecular weight excluding hydrogens is 877 g/mol. The van der Waals surface area contributed by atoms with Crippen molar-refractivity contribution in [1.82, 2.24) is 19.8 Å². The van der Waals surface area contributed by atoms with E-state index < -0.39 is 28.7 Å². The molecule has 0 unspecified atom stereocenters. The number of carbonyl (C=O) groups is 2. The Kier molecular flexibility index (Phi) is 13.3. The molecule has 66 heavy (non-hydrogen) atoms. The second-order valence-corrected chi connectivity index (χ2v) is 21.5. The lowest BCUT2D eigenvalue weighted by atomic mass is 9.84. The van der Waals surface area contributed by atoms with Gasteiger partial charge in [0.1, 0.15) is 17.2 Å². The fraction of sp³-hybridized carbons (Fsp3) is 0.370. The minimum Gasteiger partial charge on any atom is -0.306 e. The molecule has 12 heteroatoms. The summed E-state index contributed by atoms with van der Waals surface area (Å²) in [5, 5.41) is 0. The zero-order valence-electron chi connectivity index (χ0n) is 38.9. The first kappa shape index (κ1) is 47.0. The Hall–Kier alpha value is -5.46. The highest BCUT2D eigenvalue weighted by molar-refractivity contribution is 7.16. The van der Waals surface area contributed by atoms with Crippen molar-refractivity contribution in [2.24, 2.45) is 0 Å². The van der Waals surface area contributed by atoms with Gasteiger partial charge in [-0.3, -0.25) is 9.59 Å². The van der Waals surface area contributed by atoms with Crippen LogP contribution in [0.4, 0.5) is 17.6 Å². The predicted molar refractivity (Wildman–Crippen MR) is 261 cm³/mol. The van der Waals surface area contributed by atoms with Gasteiger partial charge < -0.3 is 9.80 Å². The third-order valence-electron chi connectivity index (χ3n) is 12.3. The van der Waals surface area contributed by atoms with E-state index >= 15 is 18.4 Å². The molecule has 6 nitrogen and oxygen atoms in total. The number of carbonyl (C=O) groups excluding carboxylic acids is 2. The predicted octanol–water partition coefficient (Wildman–Crippen LogP) is 14.9. The molecule has 0 radical (unpaired) electrons. The summed E-state index contributed by atoms with van der Waals surface area (Å²) in [6.45, 7) is 16.9. The maximum Gasteiger partial charge on any atom is 0.261 e. The summed E-state index contributed by atoms with van der Waals surface area (Å²) in [4.78, 5) is 46.5. The number of thiophene rings is 2. The van der Waals surface area contributed by atoms with Crippen LogP contribution in [0, 0.1) is 23.3 Å². The van der Waals surface area contributed by atoms with Gasteiger partial charge in [0.15, 0.2) is 11.6 Å². The van der Waals surface area contributed by atoms with Gasteiger partial charge in [0.25, 0.3) is 11.8 Å². The second-order valence-electron chi connectivity index (χ2n) is 19.3. The lowest BCUT2D eigenvalue weighted by molar-refractivity contribution is -0.124. The van der Waals surface area contributed by atoms with Crippen LogP contribution in [0.5, 0.6) is 0 Å². The van der Waals surface area contributed by atoms with Crippen LogP contribution in [0.1, 0.15) is 127 Å². The molecule has 2 amide bonds. The van der Waals surface area contributed by atoms with Gasteiger partial charge in [-0.1, -0.05) is 93.9 Å². The van der Waals surface area contributed by atoms with Crippen molar-refractivity contribution in [3.63, 3.8) is 0 Å². The SMILES string of the molecule is CCCCCCN1C(=O)C2=C(c3ccc(C(C)(C)C)s3)N(CCCCCC)C(=O)C2=C1c1ccc(-c2c(F)c(F)c(C(C)(C)C)c3nc(-c4ccc(F)cc4)c(-c4ccc(F)cc4)nc23)s1. The molecular formula is C54H56F4N4O2S2. The van der Waals surface area contributed by atoms with Crippen molar-refractivity contribution in [2.75, 3.05) is 13.1 Å². The quantitative estimate of drug-likeness (QED) is 0.0760. The first-order valence-electron chi connectivity index (χ1n) is 23.0. The smallest absolute Gasteiger partial charge is 0.261 e. The van der Waals surface area contributed by atoms with Gasteiger partial charge in [-0.2, -0.15) is 0 Å². The fourth-order valence-corrected chi connectivity index (χ4v) is 11.2. The molecule has 0 atom stereocenters. The van der Waals surface area contributed by atoms with Crippen molar-refractivity contribution in [3.8, 4) is 33.0 Å². The minimum atomic E-state index is -1.11. The van der Waals surface area contributed by atoms with E-state index in [0.717, 1.165) is 72.5 Å². The van der Waals surface area contributed by atoms with E-state index in [1.807, 2.05) is 6.07 Å². The summed E-state index contributed by atoms with van der Waals surface area (Å²) in [6, 6.07) is 18.9. The zero-order chi connectivity index (χ0) is 47.2. The number of hydrogen-bond donors (Lipinski definition) is 0. The summed E-state index contributed by atoms with van der Waals surface area (Å²) < 4.78 is 62.6. The fourth-order valence-electron chi connectivity index (χ4n) is 8.94. The first-order chi connectivity index (χ1) is 31.4. The van der Waals surface area contributed by atoms with Crippen molar-refractivity contribution < 1.29 is 27.2 Å². The Bertz CT molecular complexity index is 2900. The number of fused-ring (bicyclic) bond motifs is 2. The van der Waals surface area contributed by atoms with Crippen molar-refractivity contribution in [2.45, 2.75) is 118 Å². The molecule has 2 aliphatic heterocycles. The van der Waals surface area contributed by atoms with Crippen LogP contribution in [-0.2, 0) is 20.4 Å². The molecule has 6 aromatic rings. The monoisotopic (exact) mass is 932 g/mol. The molecule has 5 heterocycles. The van der Waals surface area contributed by atoms with E-state index in [1.165, 1.54) is 36.4 Å². The molecule has 0 spiro atoms. The van der Waals surface area contributed by atoms with E-state index in [4.69, 9.17) is 9.97 Å². The van der Waals surface area contributed by atoms with Crippen LogP contribution in [0.25, 0.3) is 55.4 Å². The molecule has 8 rings (SSSR count). The number of nitrogens with zero attached hydrogens (tertiary/aromatic N) is 4. The minimum absolute atomic E-state index is 0.0164. The normalized spacial score (nSPS) is 14.5. The lowest BCUT2D eigenvalue weighted by Gasteiger charge is -2.25. The molecule has 0 fully saturated rings. The summed E-state index contributed by atoms with van der Waals surface area (Å²) in [7, 11) is 0. The highest BCUT2D eigenvalue weighted by atomic mass is 32.1. The lowest BCUT2D eigenvalue weighted by Crippen LogP contribution is -2.30. The Balaban J connectivity index is 1.36. The van der Waals surface area contributed by atoms with Gasteiger partial charge in [-0.15, -0.1) is 22.7 Å². The standard InChI is InChI=1S/C54H56F4N4O2S2/c1-9-11-13-15-29-61-49(40-41(52(61)64)50(37-27-28-38(66-37)53(3,4)5)62(51(40)63)30-16-14-12-10-2)36-26-25-35(65-36)39-43(57)44(58)42(54(6,7)8)48-47(39)59-45(31-17-21-33(55)22-18-31)46(60-48)32-19-23-34(56)24-20-32/h17-28H,9-16,29-30H2,1-8H3. The number of aromatic nitrogens is 2. The average molecular weight is 933 g/mol. The van der Waals surface area contributed by atoms with Crippen molar-refractivity contribution in [1.29, 1.82) is 0 Å². The van der Waals surface area contributed by atoms with Gasteiger partial charge in [0.05, 0.1) is 54.8 Å². The van der Waals surface area contributed by atoms with Gasteiger partial charge in [0, 0.05) is 39.5 Å². The number of rotatable bonds is 15. The molecule has 3 aromatic heterocycles. The van der Waals surface area contributed by atoms with Gasteiger partial charge >= 0.3 is 0 Å². The summed E-state index contributed by atoms with van der Waals surface area (Å²) in [5.74, 6) is -3.60. The van der Waals surface area contributed by atoms with Crippen LogP contribution >= 0.6 is 22.7 Å². The maximum atomic E-state index is 17.2. The van der Waals surface area contributed by atoms with Crippen molar-refractivity contribution >= 4 is 56.9 Å². The highest BCUT2D eigenvalue weighted by Crippen LogP contribution is 2.51. The zero-order valence-corrected chi connectivity index (χ0v) is 40.6. The Morgan fingerprint density at radius 2 is 0.970 bits per heavy atom. The molecule has 0 aliphatic carbocycles. The maximum absolute atomic E-state index is 17.2. The molecule has 3 aromatic carbocycles. The average Bonchev–Trinajstić information content (AvgIpc) is 4.07. The van der Waals surface area contributed by atoms with E-state index in [9.17, 15) is 8.78 Å². The van der Waals surface area contributed by atoms with E-state index in [-0.39, 0.29) is 50.8 Å². The van der Waals surface area contributed by atoms with Crippen LogP contribution < -0.4 is 0 Å². The molecule has 0 N–H and O–H groups in total. The molecule has 0 bridgehead atoms. The number of halogens is 4. The summed E-state index contributed by atoms with van der Waals surface area (Å²) >= 11 is 2.76. The van der Waals surface area contributed by atoms with E-state index in [0.29, 0.717) is 56.5 Å². The third-order valence-corrected chi connectivity index (χ3v) is 14.9. The van der Waals surface area contributed by atoms with E-state index in [2.05, 4.69) is 40.7 Å². The number of hydrogen-bond acceptors (Lipinski definition) is 6. The van der Waals surface area contributed by atoms with Gasteiger partial charge in [0.2, 0.25) is 0 Å². The number of unbranched alkanes of at least 4 members (excludes halogenated alkanes) is 6. The Morgan fingerprint density at radius 3 is 1.42 bits per heavy atom. The van der Waals surface area contributed by atoms with Crippen LogP contribution in [0.3, 0.4) is 0 Å². The Labute approximate surface area is 393 Å². The second kappa shape index (κ2) is 18.7. The molecule has 344 valence electrons. The topological polar surface area (TPSA) is 66.4 Å². The molecule has 2 aliphatic rings. The molecule has 0 saturated carbocycles. The largest absolute Gasteiger partial charge is 0.306 e. The molecule has 0 saturated heterocycles. The van der Waals surface area contributed by atoms with Crippen molar-refractivity contribution in [3.05, 3.63) is 127 Å². The van der Waals surface area contributed by atoms with Gasteiger partial charge in [-0.25, -0.2) is 27.5 Å². The summed E-state index contributed by atoms with van der Waals surface area (Å²) in [5.41, 5.74) is 2.35. The summed E-state index contributed by atoms with van der Waals surface area (Å²) in [6.07, 6.45) is 7.41. The Morgan fingerprint density at radius 1 is 0.515 bits per heavy atom.